The van der Waals surface area contributed by atoms with E-state index in [0.29, 0.717) is 0 Å². The number of hydrogen-bond acceptors (Lipinski definition) is 11. The van der Waals surface area contributed by atoms with Crippen molar-refractivity contribution in [3.63, 3.8) is 0 Å². The molecule has 1 fully saturated rings. The van der Waals surface area contributed by atoms with E-state index in [0.717, 1.165) is 64.2 Å². The van der Waals surface area contributed by atoms with Crippen LogP contribution < -0.4 is 15.3 Å². The molecule has 0 bridgehead atoms. The summed E-state index contributed by atoms with van der Waals surface area (Å²) in [6.07, 6.45) is 16.0. The first-order valence-corrected chi connectivity index (χ1v) is 19.5. The van der Waals surface area contributed by atoms with Crippen LogP contribution in [0, 0.1) is 18.4 Å². The number of carbonyl (C=O) groups excluding carboxylic acids is 1. The highest BCUT2D eigenvalue weighted by Gasteiger charge is 2.50. The lowest BCUT2D eigenvalue weighted by Gasteiger charge is -2.30. The zero-order valence-corrected chi connectivity index (χ0v) is 30.7. The van der Waals surface area contributed by atoms with Gasteiger partial charge in [0.05, 0.1) is 6.33 Å². The maximum atomic E-state index is 14.4. The number of aliphatic hydroxyl groups excluding tert-OH is 1. The van der Waals surface area contributed by atoms with Crippen LogP contribution >= 0.6 is 7.75 Å². The van der Waals surface area contributed by atoms with Crippen molar-refractivity contribution >= 4 is 30.7 Å². The number of para-hydroxylation sites is 1. The second-order valence-electron chi connectivity index (χ2n) is 13.1. The predicted octanol–water partition coefficient (Wildman–Crippen LogP) is 7.01. The molecule has 2 aromatic heterocycles. The number of fused-ring (bicyclic) bond motifs is 1. The fraction of sp³-hybridized carbons (Fsp3) is 0.611. The Kier molecular flexibility index (Phi) is 15.2. The highest BCUT2D eigenvalue weighted by atomic mass is 31.2. The molecular formula is C36H52FN6O7P. The first kappa shape index (κ1) is 40.2. The molecule has 13 nitrogen and oxygen atoms in total. The molecule has 5 atom stereocenters. The van der Waals surface area contributed by atoms with E-state index in [2.05, 4.69) is 39.8 Å². The molecule has 1 aliphatic rings. The lowest BCUT2D eigenvalue weighted by atomic mass is 9.99. The summed E-state index contributed by atoms with van der Waals surface area (Å²) in [5.41, 5.74) is 4.17. The normalized spacial score (nSPS) is 20.6. The Hall–Kier alpha value is -3.60. The molecule has 15 heteroatoms. The molecule has 3 aromatic rings. The molecule has 1 unspecified atom stereocenters. The Labute approximate surface area is 299 Å². The number of hydrogen-bond donors (Lipinski definition) is 3. The third-order valence-electron chi connectivity index (χ3n) is 8.95. The van der Waals surface area contributed by atoms with Crippen molar-refractivity contribution in [2.45, 2.75) is 134 Å². The van der Waals surface area contributed by atoms with Crippen LogP contribution in [0.4, 0.5) is 10.2 Å². The van der Waals surface area contributed by atoms with Gasteiger partial charge in [-0.15, -0.1) is 6.42 Å². The molecule has 0 aliphatic carbocycles. The van der Waals surface area contributed by atoms with Crippen molar-refractivity contribution in [1.29, 1.82) is 0 Å². The third-order valence-corrected chi connectivity index (χ3v) is 10.6. The number of unbranched alkanes of at least 4 members (excludes halogenated alkanes) is 8. The Bertz CT molecular complexity index is 1630. The van der Waals surface area contributed by atoms with E-state index in [1.807, 2.05) is 0 Å². The van der Waals surface area contributed by atoms with Crippen molar-refractivity contribution < 1.29 is 37.4 Å². The van der Waals surface area contributed by atoms with Gasteiger partial charge in [-0.1, -0.05) is 89.3 Å². The maximum absolute atomic E-state index is 14.4. The first-order valence-electron chi connectivity index (χ1n) is 18.0. The van der Waals surface area contributed by atoms with Crippen molar-refractivity contribution in [3.8, 4) is 18.1 Å². The number of halogens is 1. The molecule has 51 heavy (non-hydrogen) atoms. The van der Waals surface area contributed by atoms with Gasteiger partial charge in [0.1, 0.15) is 36.8 Å². The summed E-state index contributed by atoms with van der Waals surface area (Å²) in [6, 6.07) is 7.21. The highest BCUT2D eigenvalue weighted by molar-refractivity contribution is 7.52. The number of terminal acetylenes is 1. The number of aliphatic hydroxyl groups is 1. The van der Waals surface area contributed by atoms with Gasteiger partial charge in [-0.2, -0.15) is 19.4 Å². The number of esters is 1. The average molecular weight is 731 g/mol. The highest BCUT2D eigenvalue weighted by Crippen LogP contribution is 2.48. The predicted molar refractivity (Wildman–Crippen MR) is 192 cm³/mol. The number of ether oxygens (including phenoxy) is 2. The Morgan fingerprint density at radius 2 is 1.78 bits per heavy atom. The molecule has 280 valence electrons. The number of benzene rings is 1. The Morgan fingerprint density at radius 3 is 2.41 bits per heavy atom. The summed E-state index contributed by atoms with van der Waals surface area (Å²) in [4.78, 5) is 24.9. The van der Waals surface area contributed by atoms with Gasteiger partial charge in [0, 0.05) is 6.42 Å². The number of carbonyl (C=O) groups is 1. The molecule has 1 aromatic carbocycles. The summed E-state index contributed by atoms with van der Waals surface area (Å²) in [6.45, 7) is 5.27. The van der Waals surface area contributed by atoms with Gasteiger partial charge in [0.25, 0.3) is 0 Å². The number of nitrogens with zero attached hydrogens (tertiary/aromatic N) is 4. The second kappa shape index (κ2) is 19.3. The number of aromatic nitrogens is 4. The lowest BCUT2D eigenvalue weighted by Crippen LogP contribution is -2.44. The fourth-order valence-corrected chi connectivity index (χ4v) is 7.53. The monoisotopic (exact) mass is 730 g/mol. The summed E-state index contributed by atoms with van der Waals surface area (Å²) in [5, 5.41) is 13.9. The number of nitrogen functional groups attached to an aromatic ring is 1. The minimum Gasteiger partial charge on any atom is -0.461 e. The minimum absolute atomic E-state index is 0.0400. The number of imidazole rings is 1. The molecule has 0 saturated carbocycles. The molecule has 0 amide bonds. The molecule has 1 aliphatic heterocycles. The van der Waals surface area contributed by atoms with E-state index in [1.54, 1.807) is 30.3 Å². The number of anilines is 1. The third kappa shape index (κ3) is 11.2. The van der Waals surface area contributed by atoms with Crippen LogP contribution in [0.25, 0.3) is 11.2 Å². The maximum Gasteiger partial charge on any atom is 0.459 e. The number of nitrogens with one attached hydrogen (secondary N) is 1. The van der Waals surface area contributed by atoms with Gasteiger partial charge in [-0.25, -0.2) is 9.55 Å². The zero-order chi connectivity index (χ0) is 36.9. The van der Waals surface area contributed by atoms with E-state index >= 15 is 0 Å². The molecule has 3 heterocycles. The standard InChI is InChI=1S/C36H52FN6O7P/c1-5-8-10-12-15-19-27(20-16-13-11-9-6-2)48-34(45)26(4)42-51(46,50-28-21-17-14-18-22-28)47-24-36(7-3)29(44)23-30(49-36)43-25-39-31-32(38)40-35(37)41-33(31)43/h3,14,17-18,21-22,25-27,29-30,44H,5-6,8-13,15-16,19-20,23-24H2,1-2,4H3,(H,42,46)(H2,38,40,41)/t26-,29-,30+,36+,51?/m0/s1. The summed E-state index contributed by atoms with van der Waals surface area (Å²) in [5.74, 6) is 1.89. The topological polar surface area (TPSA) is 173 Å². The van der Waals surface area contributed by atoms with Gasteiger partial charge in [0.15, 0.2) is 22.6 Å². The van der Waals surface area contributed by atoms with Crippen molar-refractivity contribution in [2.24, 2.45) is 0 Å². The summed E-state index contributed by atoms with van der Waals surface area (Å²) >= 11 is 0. The van der Waals surface area contributed by atoms with Crippen molar-refractivity contribution in [2.75, 3.05) is 12.3 Å². The smallest absolute Gasteiger partial charge is 0.459 e. The molecular weight excluding hydrogens is 678 g/mol. The average Bonchev–Trinajstić information content (AvgIpc) is 3.68. The summed E-state index contributed by atoms with van der Waals surface area (Å²) < 4.78 is 53.5. The molecule has 4 rings (SSSR count). The molecule has 0 radical (unpaired) electrons. The van der Waals surface area contributed by atoms with Crippen LogP contribution in [-0.2, 0) is 23.4 Å². The van der Waals surface area contributed by atoms with Gasteiger partial charge < -0.3 is 24.8 Å². The van der Waals surface area contributed by atoms with Crippen LogP contribution in [0.1, 0.15) is 110 Å². The lowest BCUT2D eigenvalue weighted by molar-refractivity contribution is -0.151. The van der Waals surface area contributed by atoms with Crippen molar-refractivity contribution in [3.05, 3.63) is 42.7 Å². The van der Waals surface area contributed by atoms with Gasteiger partial charge >= 0.3 is 19.8 Å². The Morgan fingerprint density at radius 1 is 1.14 bits per heavy atom. The molecule has 0 spiro atoms. The van der Waals surface area contributed by atoms with Crippen LogP contribution in [0.2, 0.25) is 0 Å². The van der Waals surface area contributed by atoms with E-state index in [9.17, 15) is 18.9 Å². The Balaban J connectivity index is 1.47. The van der Waals surface area contributed by atoms with E-state index in [-0.39, 0.29) is 35.3 Å². The van der Waals surface area contributed by atoms with E-state index in [1.165, 1.54) is 30.7 Å². The quantitative estimate of drug-likeness (QED) is 0.0318. The van der Waals surface area contributed by atoms with Crippen LogP contribution in [-0.4, -0.2) is 61.1 Å². The minimum atomic E-state index is -4.37. The van der Waals surface area contributed by atoms with Crippen LogP contribution in [0.3, 0.4) is 0 Å². The molecule has 4 N–H and O–H groups in total. The fourth-order valence-electron chi connectivity index (χ4n) is 6.01. The van der Waals surface area contributed by atoms with Gasteiger partial charge in [-0.3, -0.25) is 13.9 Å². The SMILES string of the molecule is C#C[C@]1(COP(=O)(N[C@@H](C)C(=O)OC(CCCCCCC)CCCCCCC)Oc2ccccc2)O[C@@H](n2cnc3c(N)nc(F)nc32)C[C@@H]1O. The molecule has 1 saturated heterocycles. The van der Waals surface area contributed by atoms with Gasteiger partial charge in [0.2, 0.25) is 0 Å². The van der Waals surface area contributed by atoms with E-state index in [4.69, 9.17) is 30.7 Å². The number of nitrogens with two attached hydrogens (primary N) is 1. The van der Waals surface area contributed by atoms with Crippen molar-refractivity contribution in [1.82, 2.24) is 24.6 Å². The largest absolute Gasteiger partial charge is 0.461 e. The zero-order valence-electron chi connectivity index (χ0n) is 29.8. The first-order chi connectivity index (χ1) is 24.5. The van der Waals surface area contributed by atoms with E-state index < -0.39 is 50.4 Å². The second-order valence-corrected chi connectivity index (χ2v) is 14.7. The van der Waals surface area contributed by atoms with Crippen LogP contribution in [0.15, 0.2) is 36.7 Å². The summed E-state index contributed by atoms with van der Waals surface area (Å²) in [7, 11) is -4.37. The van der Waals surface area contributed by atoms with Crippen LogP contribution in [0.5, 0.6) is 5.75 Å². The number of rotatable bonds is 22. The van der Waals surface area contributed by atoms with Gasteiger partial charge in [-0.05, 0) is 44.7 Å².